The van der Waals surface area contributed by atoms with Gasteiger partial charge in [0.1, 0.15) is 11.6 Å². The predicted molar refractivity (Wildman–Crippen MR) is 97.1 cm³/mol. The Labute approximate surface area is 162 Å². The van der Waals surface area contributed by atoms with Crippen molar-refractivity contribution in [3.05, 3.63) is 65.2 Å². The van der Waals surface area contributed by atoms with Crippen molar-refractivity contribution >= 4 is 28.8 Å². The molecule has 1 aliphatic rings. The van der Waals surface area contributed by atoms with Gasteiger partial charge in [0.15, 0.2) is 0 Å². The van der Waals surface area contributed by atoms with E-state index in [1.54, 1.807) is 6.07 Å². The topological polar surface area (TPSA) is 92.8 Å². The maximum Gasteiger partial charge on any atom is 0.256 e. The Morgan fingerprint density at radius 2 is 1.54 bits per heavy atom. The number of carbonyl (C=O) groups is 2. The fourth-order valence-corrected chi connectivity index (χ4v) is 3.27. The lowest BCUT2D eigenvalue weighted by atomic mass is 10.1. The molecule has 2 aromatic carbocycles. The van der Waals surface area contributed by atoms with Gasteiger partial charge >= 0.3 is 0 Å². The summed E-state index contributed by atoms with van der Waals surface area (Å²) in [5.41, 5.74) is -0.220. The Bertz CT molecular complexity index is 933. The summed E-state index contributed by atoms with van der Waals surface area (Å²) in [5, 5.41) is 0. The first-order valence-corrected chi connectivity index (χ1v) is 9.43. The summed E-state index contributed by atoms with van der Waals surface area (Å²) < 4.78 is 50.8. The van der Waals surface area contributed by atoms with E-state index in [0.29, 0.717) is 0 Å². The smallest absolute Gasteiger partial charge is 0.256 e. The second-order valence-corrected chi connectivity index (χ2v) is 6.77. The van der Waals surface area contributed by atoms with Crippen LogP contribution >= 0.6 is 0 Å². The van der Waals surface area contributed by atoms with Crippen molar-refractivity contribution in [2.24, 2.45) is 0 Å². The van der Waals surface area contributed by atoms with Gasteiger partial charge in [-0.15, -0.1) is 0 Å². The van der Waals surface area contributed by atoms with E-state index in [0.717, 1.165) is 12.1 Å². The highest BCUT2D eigenvalue weighted by molar-refractivity contribution is 7.80. The number of carbonyl (C=O) groups excluding carboxylic acids is 2. The lowest BCUT2D eigenvalue weighted by Gasteiger charge is -2.35. The van der Waals surface area contributed by atoms with Crippen molar-refractivity contribution in [3.63, 3.8) is 0 Å². The van der Waals surface area contributed by atoms with E-state index in [1.165, 1.54) is 34.1 Å². The van der Waals surface area contributed by atoms with E-state index in [1.807, 2.05) is 4.72 Å². The number of piperazine rings is 1. The minimum absolute atomic E-state index is 0.0248. The minimum atomic E-state index is -2.67. The summed E-state index contributed by atoms with van der Waals surface area (Å²) in [6, 6.07) is 9.12. The van der Waals surface area contributed by atoms with Gasteiger partial charge in [-0.1, -0.05) is 12.1 Å². The zero-order chi connectivity index (χ0) is 20.3. The van der Waals surface area contributed by atoms with Crippen LogP contribution in [-0.2, 0) is 11.3 Å². The van der Waals surface area contributed by atoms with Crippen LogP contribution in [0, 0.1) is 11.6 Å². The number of rotatable bonds is 4. The molecule has 0 aliphatic carbocycles. The molecule has 0 aromatic heterocycles. The van der Waals surface area contributed by atoms with Crippen molar-refractivity contribution in [2.75, 3.05) is 30.9 Å². The third kappa shape index (κ3) is 4.34. The number of hydrogen-bond donors (Lipinski definition) is 1. The molecule has 2 aromatic rings. The van der Waals surface area contributed by atoms with Crippen LogP contribution in [0.3, 0.4) is 0 Å². The minimum Gasteiger partial charge on any atom is -0.755 e. The first-order valence-electron chi connectivity index (χ1n) is 8.35. The molecule has 1 saturated heterocycles. The number of benzene rings is 2. The molecule has 7 nitrogen and oxygen atoms in total. The van der Waals surface area contributed by atoms with E-state index >= 15 is 0 Å². The molecule has 0 saturated carbocycles. The Hall–Kier alpha value is -2.85. The molecule has 148 valence electrons. The van der Waals surface area contributed by atoms with E-state index in [9.17, 15) is 27.1 Å². The maximum atomic E-state index is 13.9. The molecular formula is C18H16F2N3O4S-. The van der Waals surface area contributed by atoms with Crippen LogP contribution in [0.4, 0.5) is 14.5 Å². The molecule has 1 unspecified atom stereocenters. The Morgan fingerprint density at radius 3 is 2.11 bits per heavy atom. The van der Waals surface area contributed by atoms with Crippen molar-refractivity contribution in [2.45, 2.75) is 0 Å². The number of nitrogens with zero attached hydrogens (tertiary/aromatic N) is 2. The van der Waals surface area contributed by atoms with Crippen LogP contribution in [-0.4, -0.2) is 56.6 Å². The molecule has 0 spiro atoms. The molecular weight excluding hydrogens is 392 g/mol. The number of amides is 2. The number of anilines is 1. The normalized spacial score (nSPS) is 15.2. The van der Waals surface area contributed by atoms with Crippen LogP contribution in [0.15, 0.2) is 42.5 Å². The summed E-state index contributed by atoms with van der Waals surface area (Å²) in [7, 11) is 0. The first-order chi connectivity index (χ1) is 13.4. The van der Waals surface area contributed by atoms with Gasteiger partial charge in [0.25, 0.3) is 11.8 Å². The molecule has 10 heteroatoms. The molecule has 1 fully saturated rings. The Morgan fingerprint density at radius 1 is 0.929 bits per heavy atom. The molecule has 1 atom stereocenters. The van der Waals surface area contributed by atoms with E-state index in [2.05, 4.69) is 0 Å². The first kappa shape index (κ1) is 19.9. The molecule has 1 N–H and O–H groups in total. The standard InChI is InChI=1S/C18H17F2N3O4S/c19-14-4-2-1-3-13(14)18(25)23-9-7-22(8-10-23)17(24)12-5-6-16(15(20)11-12)21-28(26)27/h1-6,11,21H,7-10H2,(H,26,27)/p-1. The van der Waals surface area contributed by atoms with Crippen LogP contribution in [0.1, 0.15) is 20.7 Å². The van der Waals surface area contributed by atoms with E-state index in [4.69, 9.17) is 0 Å². The summed E-state index contributed by atoms with van der Waals surface area (Å²) in [6.07, 6.45) is 0. The number of hydrogen-bond acceptors (Lipinski definition) is 4. The van der Waals surface area contributed by atoms with Gasteiger partial charge in [-0.25, -0.2) is 8.78 Å². The van der Waals surface area contributed by atoms with Crippen molar-refractivity contribution in [1.29, 1.82) is 0 Å². The van der Waals surface area contributed by atoms with E-state index in [-0.39, 0.29) is 43.0 Å². The van der Waals surface area contributed by atoms with Gasteiger partial charge in [0.2, 0.25) is 0 Å². The van der Waals surface area contributed by atoms with Gasteiger partial charge in [0.05, 0.1) is 11.3 Å². The van der Waals surface area contributed by atoms with Gasteiger partial charge in [0, 0.05) is 43.0 Å². The average molecular weight is 408 g/mol. The summed E-state index contributed by atoms with van der Waals surface area (Å²) in [6.45, 7) is 0.864. The highest BCUT2D eigenvalue weighted by Gasteiger charge is 2.27. The van der Waals surface area contributed by atoms with Crippen LogP contribution < -0.4 is 4.72 Å². The second-order valence-electron chi connectivity index (χ2n) is 6.10. The fraction of sp³-hybridized carbons (Fsp3) is 0.222. The zero-order valence-corrected chi connectivity index (χ0v) is 15.4. The monoisotopic (exact) mass is 408 g/mol. The molecule has 2 amide bonds. The van der Waals surface area contributed by atoms with Crippen LogP contribution in [0.5, 0.6) is 0 Å². The summed E-state index contributed by atoms with van der Waals surface area (Å²) >= 11 is -2.67. The van der Waals surface area contributed by atoms with Crippen molar-refractivity contribution in [1.82, 2.24) is 9.80 Å². The second kappa shape index (κ2) is 8.44. The molecule has 0 radical (unpaired) electrons. The lowest BCUT2D eigenvalue weighted by molar-refractivity contribution is 0.0532. The predicted octanol–water partition coefficient (Wildman–Crippen LogP) is 1.77. The molecule has 28 heavy (non-hydrogen) atoms. The Kier molecular flexibility index (Phi) is 6.00. The third-order valence-corrected chi connectivity index (χ3v) is 4.75. The zero-order valence-electron chi connectivity index (χ0n) is 14.6. The number of halogens is 2. The summed E-state index contributed by atoms with van der Waals surface area (Å²) in [5.74, 6) is -2.36. The van der Waals surface area contributed by atoms with Gasteiger partial charge < -0.3 is 19.1 Å². The molecule has 1 heterocycles. The summed E-state index contributed by atoms with van der Waals surface area (Å²) in [4.78, 5) is 27.9. The lowest BCUT2D eigenvalue weighted by Crippen LogP contribution is -2.50. The highest BCUT2D eigenvalue weighted by atomic mass is 32.2. The van der Waals surface area contributed by atoms with Gasteiger partial charge in [-0.05, 0) is 30.3 Å². The van der Waals surface area contributed by atoms with Gasteiger partial charge in [-0.2, -0.15) is 0 Å². The van der Waals surface area contributed by atoms with Crippen molar-refractivity contribution < 1.29 is 27.1 Å². The quantitative estimate of drug-likeness (QED) is 0.781. The molecule has 3 rings (SSSR count). The molecule has 1 aliphatic heterocycles. The largest absolute Gasteiger partial charge is 0.755 e. The highest BCUT2D eigenvalue weighted by Crippen LogP contribution is 2.19. The number of nitrogens with one attached hydrogen (secondary N) is 1. The third-order valence-electron chi connectivity index (χ3n) is 4.37. The van der Waals surface area contributed by atoms with Crippen molar-refractivity contribution in [3.8, 4) is 0 Å². The van der Waals surface area contributed by atoms with Crippen LogP contribution in [0.25, 0.3) is 0 Å². The molecule has 0 bridgehead atoms. The maximum absolute atomic E-state index is 13.9. The van der Waals surface area contributed by atoms with Gasteiger partial charge in [-0.3, -0.25) is 13.8 Å². The SMILES string of the molecule is O=C(c1ccc(NS(=O)[O-])c(F)c1)N1CCN(C(=O)c2ccccc2F)CC1. The Balaban J connectivity index is 1.64. The fourth-order valence-electron chi connectivity index (χ4n) is 2.92. The van der Waals surface area contributed by atoms with E-state index < -0.39 is 34.7 Å². The van der Waals surface area contributed by atoms with Crippen LogP contribution in [0.2, 0.25) is 0 Å². The average Bonchev–Trinajstić information content (AvgIpc) is 2.68.